The van der Waals surface area contributed by atoms with Gasteiger partial charge in [0.05, 0.1) is 17.4 Å². The summed E-state index contributed by atoms with van der Waals surface area (Å²) in [7, 11) is 3.85. The van der Waals surface area contributed by atoms with E-state index in [-0.39, 0.29) is 23.8 Å². The average molecular weight is 385 g/mol. The van der Waals surface area contributed by atoms with E-state index in [1.54, 1.807) is 36.4 Å². The number of rotatable bonds is 6. The first kappa shape index (κ1) is 19.1. The number of hydrogen-bond acceptors (Lipinski definition) is 4. The first-order chi connectivity index (χ1) is 13.0. The molecule has 1 aromatic heterocycles. The number of fused-ring (bicyclic) bond motifs is 1. The van der Waals surface area contributed by atoms with Crippen molar-refractivity contribution in [2.45, 2.75) is 6.54 Å². The van der Waals surface area contributed by atoms with Crippen molar-refractivity contribution in [3.63, 3.8) is 0 Å². The minimum Gasteiger partial charge on any atom is -0.348 e. The Labute approximate surface area is 162 Å². The fourth-order valence-corrected chi connectivity index (χ4v) is 2.86. The standard InChI is InChI=1S/C20H21ClN4O2/c1-24(2)12-11-22-19(26)18-23-17-6-4-3-5-16(17)20(27)25(18)13-14-7-9-15(21)10-8-14/h3-10H,11-13H2,1-2H3,(H,22,26). The van der Waals surface area contributed by atoms with Gasteiger partial charge in [0.25, 0.3) is 11.5 Å². The molecule has 3 aromatic rings. The van der Waals surface area contributed by atoms with Crippen LogP contribution in [0, 0.1) is 0 Å². The molecule has 1 amide bonds. The van der Waals surface area contributed by atoms with Gasteiger partial charge in [0, 0.05) is 18.1 Å². The summed E-state index contributed by atoms with van der Waals surface area (Å²) in [4.78, 5) is 32.2. The Kier molecular flexibility index (Phi) is 5.88. The monoisotopic (exact) mass is 384 g/mol. The summed E-state index contributed by atoms with van der Waals surface area (Å²) in [5.74, 6) is -0.263. The second kappa shape index (κ2) is 8.33. The molecule has 3 rings (SSSR count). The normalized spacial score (nSPS) is 11.1. The van der Waals surface area contributed by atoms with E-state index in [9.17, 15) is 9.59 Å². The van der Waals surface area contributed by atoms with E-state index in [1.165, 1.54) is 4.57 Å². The number of para-hydroxylation sites is 1. The van der Waals surface area contributed by atoms with Crippen molar-refractivity contribution >= 4 is 28.4 Å². The van der Waals surface area contributed by atoms with Gasteiger partial charge in [-0.05, 0) is 43.9 Å². The van der Waals surface area contributed by atoms with Gasteiger partial charge in [-0.1, -0.05) is 35.9 Å². The Hall–Kier alpha value is -2.70. The maximum atomic E-state index is 13.0. The van der Waals surface area contributed by atoms with Gasteiger partial charge in [-0.3, -0.25) is 14.2 Å². The highest BCUT2D eigenvalue weighted by atomic mass is 35.5. The third kappa shape index (κ3) is 4.53. The predicted octanol–water partition coefficient (Wildman–Crippen LogP) is 2.39. The van der Waals surface area contributed by atoms with Gasteiger partial charge in [-0.25, -0.2) is 4.98 Å². The number of nitrogens with zero attached hydrogens (tertiary/aromatic N) is 3. The smallest absolute Gasteiger partial charge is 0.287 e. The first-order valence-corrected chi connectivity index (χ1v) is 9.00. The van der Waals surface area contributed by atoms with Crippen LogP contribution in [0.25, 0.3) is 10.9 Å². The molecule has 0 unspecified atom stereocenters. The number of likely N-dealkylation sites (N-methyl/N-ethyl adjacent to an activating group) is 1. The molecule has 0 saturated carbocycles. The van der Waals surface area contributed by atoms with E-state index in [4.69, 9.17) is 11.6 Å². The van der Waals surface area contributed by atoms with Gasteiger partial charge >= 0.3 is 0 Å². The van der Waals surface area contributed by atoms with Gasteiger partial charge in [-0.15, -0.1) is 0 Å². The zero-order chi connectivity index (χ0) is 19.4. The lowest BCUT2D eigenvalue weighted by molar-refractivity contribution is 0.0935. The number of hydrogen-bond donors (Lipinski definition) is 1. The minimum absolute atomic E-state index is 0.104. The lowest BCUT2D eigenvalue weighted by atomic mass is 10.2. The maximum Gasteiger partial charge on any atom is 0.287 e. The fourth-order valence-electron chi connectivity index (χ4n) is 2.73. The van der Waals surface area contributed by atoms with E-state index in [1.807, 2.05) is 31.1 Å². The van der Waals surface area contributed by atoms with Gasteiger partial charge in [0.15, 0.2) is 0 Å². The van der Waals surface area contributed by atoms with Gasteiger partial charge in [-0.2, -0.15) is 0 Å². The van der Waals surface area contributed by atoms with Crippen molar-refractivity contribution < 1.29 is 4.79 Å². The highest BCUT2D eigenvalue weighted by Gasteiger charge is 2.17. The van der Waals surface area contributed by atoms with Gasteiger partial charge in [0.1, 0.15) is 0 Å². The van der Waals surface area contributed by atoms with Crippen LogP contribution in [-0.2, 0) is 6.54 Å². The lowest BCUT2D eigenvalue weighted by Crippen LogP contribution is -2.37. The molecule has 0 saturated heterocycles. The van der Waals surface area contributed by atoms with E-state index in [0.717, 1.165) is 5.56 Å². The number of carbonyl (C=O) groups excluding carboxylic acids is 1. The summed E-state index contributed by atoms with van der Waals surface area (Å²) in [5, 5.41) is 3.93. The second-order valence-corrected chi connectivity index (χ2v) is 6.97. The van der Waals surface area contributed by atoms with Crippen LogP contribution in [0.2, 0.25) is 5.02 Å². The highest BCUT2D eigenvalue weighted by molar-refractivity contribution is 6.30. The van der Waals surface area contributed by atoms with Gasteiger partial charge < -0.3 is 10.2 Å². The molecule has 140 valence electrons. The molecule has 1 heterocycles. The predicted molar refractivity (Wildman–Crippen MR) is 107 cm³/mol. The zero-order valence-electron chi connectivity index (χ0n) is 15.3. The molecular weight excluding hydrogens is 364 g/mol. The Bertz CT molecular complexity index is 1010. The van der Waals surface area contributed by atoms with Crippen LogP contribution >= 0.6 is 11.6 Å². The number of benzene rings is 2. The molecule has 0 aliphatic carbocycles. The molecule has 7 heteroatoms. The summed E-state index contributed by atoms with van der Waals surface area (Å²) in [6.07, 6.45) is 0. The fraction of sp³-hybridized carbons (Fsp3) is 0.250. The van der Waals surface area contributed by atoms with Crippen LogP contribution in [0.3, 0.4) is 0 Å². The number of aromatic nitrogens is 2. The largest absolute Gasteiger partial charge is 0.348 e. The topological polar surface area (TPSA) is 67.2 Å². The lowest BCUT2D eigenvalue weighted by Gasteiger charge is -2.15. The molecule has 0 fully saturated rings. The van der Waals surface area contributed by atoms with Crippen molar-refractivity contribution in [2.24, 2.45) is 0 Å². The first-order valence-electron chi connectivity index (χ1n) is 8.62. The Morgan fingerprint density at radius 3 is 2.56 bits per heavy atom. The molecule has 0 spiro atoms. The van der Waals surface area contributed by atoms with Crippen molar-refractivity contribution in [3.8, 4) is 0 Å². The molecule has 0 atom stereocenters. The highest BCUT2D eigenvalue weighted by Crippen LogP contribution is 2.13. The van der Waals surface area contributed by atoms with Crippen LogP contribution in [0.1, 0.15) is 16.2 Å². The minimum atomic E-state index is -0.367. The summed E-state index contributed by atoms with van der Waals surface area (Å²) in [6.45, 7) is 1.40. The molecule has 1 N–H and O–H groups in total. The van der Waals surface area contributed by atoms with Crippen LogP contribution in [0.15, 0.2) is 53.3 Å². The second-order valence-electron chi connectivity index (χ2n) is 6.53. The van der Waals surface area contributed by atoms with Crippen molar-refractivity contribution in [1.82, 2.24) is 19.8 Å². The van der Waals surface area contributed by atoms with Crippen LogP contribution < -0.4 is 10.9 Å². The molecule has 0 aliphatic rings. The molecule has 2 aromatic carbocycles. The van der Waals surface area contributed by atoms with E-state index >= 15 is 0 Å². The van der Waals surface area contributed by atoms with Crippen LogP contribution in [-0.4, -0.2) is 47.5 Å². The Morgan fingerprint density at radius 1 is 1.15 bits per heavy atom. The average Bonchev–Trinajstić information content (AvgIpc) is 2.65. The zero-order valence-corrected chi connectivity index (χ0v) is 16.0. The van der Waals surface area contributed by atoms with Crippen molar-refractivity contribution in [2.75, 3.05) is 27.2 Å². The number of carbonyl (C=O) groups is 1. The van der Waals surface area contributed by atoms with E-state index < -0.39 is 0 Å². The quantitative estimate of drug-likeness (QED) is 0.708. The summed E-state index contributed by atoms with van der Waals surface area (Å²) in [5.41, 5.74) is 1.13. The van der Waals surface area contributed by atoms with E-state index in [2.05, 4.69) is 10.3 Å². The van der Waals surface area contributed by atoms with Crippen molar-refractivity contribution in [1.29, 1.82) is 0 Å². The Balaban J connectivity index is 2.02. The molecular formula is C20H21ClN4O2. The third-order valence-corrected chi connectivity index (χ3v) is 4.42. The number of halogens is 1. The summed E-state index contributed by atoms with van der Waals surface area (Å²) in [6, 6.07) is 14.2. The van der Waals surface area contributed by atoms with Crippen LogP contribution in [0.4, 0.5) is 0 Å². The summed E-state index contributed by atoms with van der Waals surface area (Å²) < 4.78 is 1.41. The van der Waals surface area contributed by atoms with Crippen LogP contribution in [0.5, 0.6) is 0 Å². The van der Waals surface area contributed by atoms with E-state index in [0.29, 0.717) is 29.0 Å². The molecule has 0 aliphatic heterocycles. The van der Waals surface area contributed by atoms with Gasteiger partial charge in [0.2, 0.25) is 5.82 Å². The van der Waals surface area contributed by atoms with Crippen molar-refractivity contribution in [3.05, 3.63) is 75.3 Å². The Morgan fingerprint density at radius 2 is 1.85 bits per heavy atom. The number of amides is 1. The summed E-state index contributed by atoms with van der Waals surface area (Å²) >= 11 is 5.94. The molecule has 27 heavy (non-hydrogen) atoms. The maximum absolute atomic E-state index is 13.0. The third-order valence-electron chi connectivity index (χ3n) is 4.16. The molecule has 0 radical (unpaired) electrons. The SMILES string of the molecule is CN(C)CCNC(=O)c1nc2ccccc2c(=O)n1Cc1ccc(Cl)cc1. The molecule has 6 nitrogen and oxygen atoms in total. The number of nitrogens with one attached hydrogen (secondary N) is 1. The molecule has 0 bridgehead atoms.